The maximum Gasteiger partial charge on any atom is 0.152 e. The molecule has 1 rings (SSSR count). The quantitative estimate of drug-likeness (QED) is 0.384. The van der Waals surface area contributed by atoms with Crippen LogP contribution in [-0.2, 0) is 0 Å². The van der Waals surface area contributed by atoms with Crippen LogP contribution in [-0.4, -0.2) is 5.21 Å². The predicted molar refractivity (Wildman–Crippen MR) is 53.5 cm³/mol. The number of rotatable bonds is 1. The normalized spacial score (nSPS) is 20.8. The smallest absolute Gasteiger partial charge is 0.152 e. The number of allylic oxidation sites excluding steroid dienone is 3. The molecule has 1 unspecified atom stereocenters. The van der Waals surface area contributed by atoms with Crippen LogP contribution < -0.4 is 0 Å². The molecule has 0 bridgehead atoms. The van der Waals surface area contributed by atoms with Gasteiger partial charge in [0.1, 0.15) is 0 Å². The van der Waals surface area contributed by atoms with Gasteiger partial charge in [-0.1, -0.05) is 23.8 Å². The van der Waals surface area contributed by atoms with Gasteiger partial charge in [0.05, 0.1) is 0 Å². The number of nitrogens with zero attached hydrogens (tertiary/aromatic N) is 1. The highest BCUT2D eigenvalue weighted by Crippen LogP contribution is 2.27. The molecule has 0 amide bonds. The highest BCUT2D eigenvalue weighted by Gasteiger charge is 2.11. The van der Waals surface area contributed by atoms with Gasteiger partial charge in [-0.2, -0.15) is 0 Å². The van der Waals surface area contributed by atoms with Crippen LogP contribution in [0.5, 0.6) is 0 Å². The molecule has 1 aliphatic carbocycles. The fourth-order valence-corrected chi connectivity index (χ4v) is 1.41. The second-order valence-corrected chi connectivity index (χ2v) is 3.45. The molecule has 0 aromatic rings. The molecule has 13 heavy (non-hydrogen) atoms. The lowest BCUT2D eigenvalue weighted by Gasteiger charge is -2.19. The molecule has 0 spiro atoms. The monoisotopic (exact) mass is 183 g/mol. The fraction of sp³-hybridized carbons (Fsp3) is 0.600. The molecule has 0 fully saturated rings. The van der Waals surface area contributed by atoms with Crippen LogP contribution >= 0.6 is 0 Å². The SMILES string of the molecule is C=C(C)C1CC=C(C)CC1.O=NO. The van der Waals surface area contributed by atoms with Gasteiger partial charge in [-0.3, -0.25) is 0 Å². The van der Waals surface area contributed by atoms with Gasteiger partial charge in [0.25, 0.3) is 0 Å². The van der Waals surface area contributed by atoms with Crippen molar-refractivity contribution in [3.63, 3.8) is 0 Å². The van der Waals surface area contributed by atoms with Gasteiger partial charge in [-0.05, 0) is 39.0 Å². The molecule has 0 aromatic heterocycles. The Hall–Kier alpha value is -1.12. The highest BCUT2D eigenvalue weighted by molar-refractivity contribution is 5.09. The van der Waals surface area contributed by atoms with Crippen LogP contribution in [0, 0.1) is 10.8 Å². The van der Waals surface area contributed by atoms with E-state index < -0.39 is 0 Å². The lowest BCUT2D eigenvalue weighted by Crippen LogP contribution is -2.04. The molecule has 1 N–H and O–H groups in total. The Morgan fingerprint density at radius 1 is 1.77 bits per heavy atom. The maximum atomic E-state index is 8.11. The molecule has 1 aliphatic rings. The van der Waals surface area contributed by atoms with E-state index >= 15 is 0 Å². The molecular weight excluding hydrogens is 166 g/mol. The Morgan fingerprint density at radius 3 is 2.62 bits per heavy atom. The van der Waals surface area contributed by atoms with E-state index in [9.17, 15) is 0 Å². The largest absolute Gasteiger partial charge is 0.379 e. The lowest BCUT2D eigenvalue weighted by atomic mass is 9.86. The topological polar surface area (TPSA) is 49.7 Å². The Morgan fingerprint density at radius 2 is 2.31 bits per heavy atom. The summed E-state index contributed by atoms with van der Waals surface area (Å²) < 4.78 is 0. The summed E-state index contributed by atoms with van der Waals surface area (Å²) in [5.41, 5.74) is 2.90. The Bertz CT molecular complexity index is 209. The molecule has 0 heterocycles. The van der Waals surface area contributed by atoms with E-state index in [1.807, 2.05) is 0 Å². The Balaban J connectivity index is 0.000000424. The first-order chi connectivity index (χ1) is 6.11. The van der Waals surface area contributed by atoms with Crippen LogP contribution in [0.2, 0.25) is 0 Å². The van der Waals surface area contributed by atoms with E-state index in [-0.39, 0.29) is 0 Å². The average Bonchev–Trinajstić information content (AvgIpc) is 2.06. The van der Waals surface area contributed by atoms with Gasteiger partial charge in [-0.25, -0.2) is 0 Å². The molecule has 1 atom stereocenters. The van der Waals surface area contributed by atoms with E-state index in [1.165, 1.54) is 30.2 Å². The highest BCUT2D eigenvalue weighted by atomic mass is 16.6. The molecule has 0 saturated heterocycles. The van der Waals surface area contributed by atoms with E-state index in [0.717, 1.165) is 5.92 Å². The molecule has 3 heteroatoms. The first-order valence-electron chi connectivity index (χ1n) is 4.39. The van der Waals surface area contributed by atoms with Crippen LogP contribution in [0.15, 0.2) is 29.1 Å². The van der Waals surface area contributed by atoms with Gasteiger partial charge in [0.15, 0.2) is 5.34 Å². The number of hydrogen-bond acceptors (Lipinski definition) is 2. The van der Waals surface area contributed by atoms with Gasteiger partial charge < -0.3 is 5.21 Å². The summed E-state index contributed by atoms with van der Waals surface area (Å²) in [7, 11) is 0. The van der Waals surface area contributed by atoms with E-state index in [0.29, 0.717) is 0 Å². The molecule has 0 radical (unpaired) electrons. The van der Waals surface area contributed by atoms with Gasteiger partial charge >= 0.3 is 0 Å². The minimum absolute atomic E-state index is 0.767. The third-order valence-corrected chi connectivity index (χ3v) is 2.33. The van der Waals surface area contributed by atoms with Crippen LogP contribution in [0.4, 0.5) is 0 Å². The Kier molecular flexibility index (Phi) is 5.85. The van der Waals surface area contributed by atoms with Gasteiger partial charge in [-0.15, -0.1) is 4.91 Å². The number of hydrogen-bond donors (Lipinski definition) is 1. The summed E-state index contributed by atoms with van der Waals surface area (Å²) in [4.78, 5) is 8.11. The second-order valence-electron chi connectivity index (χ2n) is 3.45. The molecule has 74 valence electrons. The van der Waals surface area contributed by atoms with Crippen LogP contribution in [0.3, 0.4) is 0 Å². The maximum absolute atomic E-state index is 8.11. The van der Waals surface area contributed by atoms with Gasteiger partial charge in [0, 0.05) is 0 Å². The van der Waals surface area contributed by atoms with Crippen molar-refractivity contribution >= 4 is 0 Å². The summed E-state index contributed by atoms with van der Waals surface area (Å²) in [6, 6.07) is 0. The average molecular weight is 183 g/mol. The summed E-state index contributed by atoms with van der Waals surface area (Å²) >= 11 is 0. The first-order valence-corrected chi connectivity index (χ1v) is 4.39. The summed E-state index contributed by atoms with van der Waals surface area (Å²) in [5.74, 6) is 0.767. The van der Waals surface area contributed by atoms with Crippen molar-refractivity contribution in [1.82, 2.24) is 0 Å². The zero-order valence-electron chi connectivity index (χ0n) is 8.29. The zero-order valence-corrected chi connectivity index (χ0v) is 8.29. The van der Waals surface area contributed by atoms with Crippen molar-refractivity contribution in [3.8, 4) is 0 Å². The third kappa shape index (κ3) is 5.17. The molecule has 3 nitrogen and oxygen atoms in total. The minimum atomic E-state index is 0.767. The summed E-state index contributed by atoms with van der Waals surface area (Å²) in [5, 5.41) is 7.89. The van der Waals surface area contributed by atoms with Crippen molar-refractivity contribution in [2.75, 3.05) is 0 Å². The summed E-state index contributed by atoms with van der Waals surface area (Å²) in [6.07, 6.45) is 6.17. The van der Waals surface area contributed by atoms with Crippen molar-refractivity contribution < 1.29 is 5.21 Å². The van der Waals surface area contributed by atoms with E-state index in [2.05, 4.69) is 26.5 Å². The molecule has 0 aromatic carbocycles. The zero-order chi connectivity index (χ0) is 10.3. The van der Waals surface area contributed by atoms with Crippen LogP contribution in [0.25, 0.3) is 0 Å². The van der Waals surface area contributed by atoms with Crippen molar-refractivity contribution in [1.29, 1.82) is 0 Å². The third-order valence-electron chi connectivity index (χ3n) is 2.33. The molecule has 0 saturated carbocycles. The van der Waals surface area contributed by atoms with Crippen molar-refractivity contribution in [2.45, 2.75) is 33.1 Å². The molecule has 0 aliphatic heterocycles. The Labute approximate surface area is 79.1 Å². The van der Waals surface area contributed by atoms with E-state index in [1.54, 1.807) is 5.57 Å². The first kappa shape index (κ1) is 11.9. The van der Waals surface area contributed by atoms with Crippen molar-refractivity contribution in [3.05, 3.63) is 28.7 Å². The predicted octanol–water partition coefficient (Wildman–Crippen LogP) is 3.45. The fourth-order valence-electron chi connectivity index (χ4n) is 1.41. The lowest BCUT2D eigenvalue weighted by molar-refractivity contribution is 0.312. The standard InChI is InChI=1S/C10H16.HNO2/c1-8(2)10-6-4-9(3)5-7-10;2-1-3/h4,10H,1,5-7H2,2-3H3;(H,2,3). The second kappa shape index (κ2) is 6.40. The minimum Gasteiger partial charge on any atom is -0.379 e. The van der Waals surface area contributed by atoms with Crippen LogP contribution in [0.1, 0.15) is 33.1 Å². The summed E-state index contributed by atoms with van der Waals surface area (Å²) in [6.45, 7) is 8.33. The van der Waals surface area contributed by atoms with Crippen molar-refractivity contribution in [2.24, 2.45) is 11.3 Å². The van der Waals surface area contributed by atoms with E-state index in [4.69, 9.17) is 10.1 Å². The molecular formula is C10H17NO2. The van der Waals surface area contributed by atoms with Gasteiger partial charge in [0.2, 0.25) is 0 Å².